The quantitative estimate of drug-likeness (QED) is 0.850. The lowest BCUT2D eigenvalue weighted by Gasteiger charge is -2.33. The van der Waals surface area contributed by atoms with E-state index in [0.29, 0.717) is 30.3 Å². The first kappa shape index (κ1) is 18.0. The normalized spacial score (nSPS) is 19.1. The van der Waals surface area contributed by atoms with Crippen molar-refractivity contribution < 1.29 is 14.6 Å². The Labute approximate surface area is 159 Å². The van der Waals surface area contributed by atoms with Crippen LogP contribution in [0.3, 0.4) is 0 Å². The number of rotatable bonds is 6. The molecule has 1 aliphatic heterocycles. The molecule has 1 saturated carbocycles. The highest BCUT2D eigenvalue weighted by Crippen LogP contribution is 2.33. The Morgan fingerprint density at radius 1 is 1.22 bits per heavy atom. The zero-order valence-electron chi connectivity index (χ0n) is 15.8. The van der Waals surface area contributed by atoms with Crippen LogP contribution in [-0.2, 0) is 11.3 Å². The lowest BCUT2D eigenvalue weighted by Crippen LogP contribution is -2.41. The minimum Gasteiger partial charge on any atom is -0.497 e. The number of methoxy groups -OCH3 is 1. The first-order chi connectivity index (χ1) is 13.2. The summed E-state index contributed by atoms with van der Waals surface area (Å²) in [5.74, 6) is 2.85. The Balaban J connectivity index is 1.35. The smallest absolute Gasteiger partial charge is 0.256 e. The molecular weight excluding hydrogens is 342 g/mol. The molecule has 0 spiro atoms. The minimum atomic E-state index is -1.12. The number of nitrogens with zero attached hydrogens (tertiary/aromatic N) is 3. The second-order valence-corrected chi connectivity index (χ2v) is 7.66. The summed E-state index contributed by atoms with van der Waals surface area (Å²) in [7, 11) is 1.59. The summed E-state index contributed by atoms with van der Waals surface area (Å²) in [4.78, 5) is 19.1. The molecule has 0 radical (unpaired) electrons. The van der Waals surface area contributed by atoms with Gasteiger partial charge >= 0.3 is 0 Å². The molecule has 0 bridgehead atoms. The number of aromatic nitrogens is 2. The van der Waals surface area contributed by atoms with Crippen LogP contribution in [0.4, 0.5) is 0 Å². The number of piperidine rings is 1. The molecule has 2 fully saturated rings. The van der Waals surface area contributed by atoms with Crippen LogP contribution in [0, 0.1) is 5.92 Å². The summed E-state index contributed by atoms with van der Waals surface area (Å²) in [5, 5.41) is 10.5. The van der Waals surface area contributed by atoms with Crippen molar-refractivity contribution in [3.05, 3.63) is 48.0 Å². The van der Waals surface area contributed by atoms with E-state index in [1.54, 1.807) is 36.3 Å². The molecule has 1 aromatic heterocycles. The zero-order valence-corrected chi connectivity index (χ0v) is 15.8. The Morgan fingerprint density at radius 3 is 2.56 bits per heavy atom. The predicted molar refractivity (Wildman–Crippen MR) is 101 cm³/mol. The molecule has 144 valence electrons. The van der Waals surface area contributed by atoms with Crippen molar-refractivity contribution in [1.82, 2.24) is 14.5 Å². The number of hydrogen-bond donors (Lipinski definition) is 1. The van der Waals surface area contributed by atoms with Crippen LogP contribution >= 0.6 is 0 Å². The fourth-order valence-electron chi connectivity index (χ4n) is 3.87. The van der Waals surface area contributed by atoms with E-state index in [0.717, 1.165) is 31.1 Å². The van der Waals surface area contributed by atoms with E-state index in [9.17, 15) is 9.90 Å². The summed E-state index contributed by atoms with van der Waals surface area (Å²) >= 11 is 0. The largest absolute Gasteiger partial charge is 0.497 e. The van der Waals surface area contributed by atoms with Crippen molar-refractivity contribution in [3.8, 4) is 5.75 Å². The van der Waals surface area contributed by atoms with Crippen LogP contribution in [0.25, 0.3) is 0 Å². The molecule has 1 saturated heterocycles. The molecule has 1 amide bonds. The first-order valence-electron chi connectivity index (χ1n) is 9.77. The third kappa shape index (κ3) is 4.00. The summed E-state index contributed by atoms with van der Waals surface area (Å²) < 4.78 is 7.42. The number of aliphatic hydroxyl groups is 1. The number of ether oxygens (including phenoxy) is 1. The maximum Gasteiger partial charge on any atom is 0.256 e. The van der Waals surface area contributed by atoms with Crippen molar-refractivity contribution >= 4 is 5.91 Å². The summed E-state index contributed by atoms with van der Waals surface area (Å²) in [6.45, 7) is 2.39. The number of carbonyl (C=O) groups is 1. The van der Waals surface area contributed by atoms with E-state index in [2.05, 4.69) is 15.7 Å². The molecule has 4 rings (SSSR count). The van der Waals surface area contributed by atoms with E-state index in [4.69, 9.17) is 4.74 Å². The number of likely N-dealkylation sites (tertiary alicyclic amines) is 1. The number of hydrogen-bond acceptors (Lipinski definition) is 4. The van der Waals surface area contributed by atoms with Crippen molar-refractivity contribution in [2.75, 3.05) is 20.2 Å². The highest BCUT2D eigenvalue weighted by atomic mass is 16.5. The average Bonchev–Trinajstić information content (AvgIpc) is 3.42. The Morgan fingerprint density at radius 2 is 1.93 bits per heavy atom. The summed E-state index contributed by atoms with van der Waals surface area (Å²) in [6, 6.07) is 7.00. The van der Waals surface area contributed by atoms with Crippen LogP contribution in [-0.4, -0.2) is 45.7 Å². The van der Waals surface area contributed by atoms with Gasteiger partial charge in [0.05, 0.1) is 7.11 Å². The molecule has 0 unspecified atom stereocenters. The molecular formula is C21H27N3O3. The molecule has 6 nitrogen and oxygen atoms in total. The molecule has 2 heterocycles. The third-order valence-corrected chi connectivity index (χ3v) is 5.74. The van der Waals surface area contributed by atoms with Crippen molar-refractivity contribution in [1.29, 1.82) is 0 Å². The molecule has 27 heavy (non-hydrogen) atoms. The molecule has 1 atom stereocenters. The third-order valence-electron chi connectivity index (χ3n) is 5.74. The Kier molecular flexibility index (Phi) is 5.16. The topological polar surface area (TPSA) is 67.6 Å². The highest BCUT2D eigenvalue weighted by Gasteiger charge is 2.31. The van der Waals surface area contributed by atoms with Gasteiger partial charge in [-0.15, -0.1) is 0 Å². The van der Waals surface area contributed by atoms with E-state index >= 15 is 0 Å². The van der Waals surface area contributed by atoms with Crippen LogP contribution in [0.5, 0.6) is 5.75 Å². The van der Waals surface area contributed by atoms with E-state index in [1.807, 2.05) is 6.20 Å². The number of benzene rings is 1. The lowest BCUT2D eigenvalue weighted by molar-refractivity contribution is -0.141. The van der Waals surface area contributed by atoms with Crippen molar-refractivity contribution in [2.45, 2.75) is 44.2 Å². The van der Waals surface area contributed by atoms with Gasteiger partial charge in [0, 0.05) is 37.9 Å². The number of amides is 1. The summed E-state index contributed by atoms with van der Waals surface area (Å²) in [5.41, 5.74) is 0.600. The molecule has 6 heteroatoms. The van der Waals surface area contributed by atoms with Crippen LogP contribution in [0.15, 0.2) is 36.7 Å². The fourth-order valence-corrected chi connectivity index (χ4v) is 3.87. The van der Waals surface area contributed by atoms with Crippen LogP contribution < -0.4 is 4.74 Å². The monoisotopic (exact) mass is 369 g/mol. The van der Waals surface area contributed by atoms with Gasteiger partial charge < -0.3 is 19.3 Å². The number of imidazole rings is 1. The van der Waals surface area contributed by atoms with Gasteiger partial charge in [0.2, 0.25) is 0 Å². The van der Waals surface area contributed by atoms with Crippen LogP contribution in [0.1, 0.15) is 49.1 Å². The van der Waals surface area contributed by atoms with E-state index in [1.165, 1.54) is 12.8 Å². The molecule has 1 aromatic carbocycles. The second kappa shape index (κ2) is 7.72. The summed E-state index contributed by atoms with van der Waals surface area (Å²) in [6.07, 6.45) is 7.29. The van der Waals surface area contributed by atoms with Gasteiger partial charge in [-0.05, 0) is 49.3 Å². The van der Waals surface area contributed by atoms with Crippen molar-refractivity contribution in [2.24, 2.45) is 5.92 Å². The molecule has 2 aliphatic rings. The average molecular weight is 369 g/mol. The van der Waals surface area contributed by atoms with Gasteiger partial charge in [-0.1, -0.05) is 12.1 Å². The number of carbonyl (C=O) groups excluding carboxylic acids is 1. The zero-order chi connectivity index (χ0) is 18.8. The van der Waals surface area contributed by atoms with E-state index < -0.39 is 6.10 Å². The van der Waals surface area contributed by atoms with Gasteiger partial charge in [0.25, 0.3) is 5.91 Å². The SMILES string of the molecule is COc1ccc([C@@H](O)C(=O)N2CCC(c3nccn3CC3CC3)CC2)cc1. The van der Waals surface area contributed by atoms with E-state index in [-0.39, 0.29) is 5.91 Å². The fraction of sp³-hybridized carbons (Fsp3) is 0.524. The van der Waals surface area contributed by atoms with Crippen LogP contribution in [0.2, 0.25) is 0 Å². The maximum atomic E-state index is 12.7. The van der Waals surface area contributed by atoms with Gasteiger partial charge in [-0.2, -0.15) is 0 Å². The Hall–Kier alpha value is -2.34. The second-order valence-electron chi connectivity index (χ2n) is 7.66. The lowest BCUT2D eigenvalue weighted by atomic mass is 9.95. The Bertz CT molecular complexity index is 774. The highest BCUT2D eigenvalue weighted by molar-refractivity contribution is 5.82. The van der Waals surface area contributed by atoms with Gasteiger partial charge in [0.1, 0.15) is 11.6 Å². The molecule has 1 aliphatic carbocycles. The first-order valence-corrected chi connectivity index (χ1v) is 9.77. The predicted octanol–water partition coefficient (Wildman–Crippen LogP) is 2.74. The molecule has 1 N–H and O–H groups in total. The van der Waals surface area contributed by atoms with Gasteiger partial charge in [-0.25, -0.2) is 4.98 Å². The number of aliphatic hydroxyl groups excluding tert-OH is 1. The minimum absolute atomic E-state index is 0.222. The maximum absolute atomic E-state index is 12.7. The van der Waals surface area contributed by atoms with Gasteiger partial charge in [-0.3, -0.25) is 4.79 Å². The molecule has 2 aromatic rings. The van der Waals surface area contributed by atoms with Gasteiger partial charge in [0.15, 0.2) is 6.10 Å². The standard InChI is InChI=1S/C21H27N3O3/c1-27-18-6-4-16(5-7-18)19(25)21(26)23-11-8-17(9-12-23)20-22-10-13-24(20)14-15-2-3-15/h4-7,10,13,15,17,19,25H,2-3,8-9,11-12,14H2,1H3/t19-/m1/s1. The van der Waals surface area contributed by atoms with Crippen molar-refractivity contribution in [3.63, 3.8) is 0 Å².